The summed E-state index contributed by atoms with van der Waals surface area (Å²) >= 11 is 0. The van der Waals surface area contributed by atoms with Crippen molar-refractivity contribution in [2.75, 3.05) is 5.32 Å². The molecule has 2 N–H and O–H groups in total. The number of aromatic amines is 1. The molecule has 0 radical (unpaired) electrons. The molecule has 4 aromatic rings. The van der Waals surface area contributed by atoms with Gasteiger partial charge < -0.3 is 9.51 Å². The lowest BCUT2D eigenvalue weighted by atomic mass is 10.0. The Balaban J connectivity index is 1.79. The monoisotopic (exact) mass is 348 g/mol. The third kappa shape index (κ3) is 2.98. The molecule has 26 heavy (non-hydrogen) atoms. The number of anilines is 1. The number of rotatable bonds is 4. The third-order valence-corrected chi connectivity index (χ3v) is 3.87. The van der Waals surface area contributed by atoms with Crippen LogP contribution < -0.4 is 5.32 Å². The number of benzene rings is 1. The highest BCUT2D eigenvalue weighted by Crippen LogP contribution is 2.37. The third-order valence-electron chi connectivity index (χ3n) is 3.87. The quantitative estimate of drug-likeness (QED) is 0.581. The van der Waals surface area contributed by atoms with Gasteiger partial charge in [0.2, 0.25) is 5.88 Å². The molecule has 0 fully saturated rings. The van der Waals surface area contributed by atoms with Crippen LogP contribution in [0.2, 0.25) is 0 Å². The number of H-pyrrole nitrogens is 1. The Labute approximate surface area is 147 Å². The Morgan fingerprint density at radius 3 is 2.50 bits per heavy atom. The van der Waals surface area contributed by atoms with Crippen molar-refractivity contribution in [1.29, 1.82) is 0 Å². The van der Waals surface area contributed by atoms with Crippen LogP contribution in [-0.4, -0.2) is 21.0 Å². The predicted molar refractivity (Wildman–Crippen MR) is 93.9 cm³/mol. The number of pyridine rings is 1. The van der Waals surface area contributed by atoms with Crippen molar-refractivity contribution in [3.63, 3.8) is 0 Å². The highest BCUT2D eigenvalue weighted by molar-refractivity contribution is 6.06. The molecule has 3 heterocycles. The van der Waals surface area contributed by atoms with Gasteiger partial charge in [0.15, 0.2) is 0 Å². The van der Waals surface area contributed by atoms with E-state index in [0.29, 0.717) is 22.4 Å². The van der Waals surface area contributed by atoms with Crippen molar-refractivity contribution >= 4 is 11.8 Å². The minimum Gasteiger partial charge on any atom is -0.367 e. The van der Waals surface area contributed by atoms with Crippen LogP contribution >= 0.6 is 0 Å². The van der Waals surface area contributed by atoms with Crippen molar-refractivity contribution < 1.29 is 13.7 Å². The Morgan fingerprint density at radius 1 is 1.04 bits per heavy atom. The Kier molecular flexibility index (Phi) is 4.03. The fraction of sp³-hybridized carbons (Fsp3) is 0. The highest BCUT2D eigenvalue weighted by atomic mass is 19.1. The molecule has 3 aromatic heterocycles. The first-order valence-electron chi connectivity index (χ1n) is 7.82. The van der Waals surface area contributed by atoms with E-state index in [1.165, 1.54) is 12.1 Å². The molecule has 0 spiro atoms. The predicted octanol–water partition coefficient (Wildman–Crippen LogP) is 4.12. The number of amides is 1. The summed E-state index contributed by atoms with van der Waals surface area (Å²) < 4.78 is 18.6. The lowest BCUT2D eigenvalue weighted by Gasteiger charge is -2.05. The van der Waals surface area contributed by atoms with Gasteiger partial charge in [-0.1, -0.05) is 5.16 Å². The molecule has 1 amide bonds. The number of carbonyl (C=O) groups excluding carboxylic acids is 1. The van der Waals surface area contributed by atoms with Gasteiger partial charge in [-0.3, -0.25) is 15.1 Å². The molecule has 0 atom stereocenters. The van der Waals surface area contributed by atoms with E-state index in [4.69, 9.17) is 4.52 Å². The van der Waals surface area contributed by atoms with Gasteiger partial charge in [0, 0.05) is 30.4 Å². The number of aromatic nitrogens is 3. The van der Waals surface area contributed by atoms with Crippen LogP contribution in [0.1, 0.15) is 10.4 Å². The average molecular weight is 348 g/mol. The number of halogens is 1. The van der Waals surface area contributed by atoms with E-state index in [0.717, 1.165) is 5.56 Å². The van der Waals surface area contributed by atoms with E-state index in [2.05, 4.69) is 20.4 Å². The molecule has 4 rings (SSSR count). The maximum absolute atomic E-state index is 13.2. The summed E-state index contributed by atoms with van der Waals surface area (Å²) in [4.78, 5) is 19.2. The Bertz CT molecular complexity index is 1030. The topological polar surface area (TPSA) is 83.8 Å². The van der Waals surface area contributed by atoms with Crippen LogP contribution in [-0.2, 0) is 0 Å². The van der Waals surface area contributed by atoms with E-state index in [1.807, 2.05) is 0 Å². The lowest BCUT2D eigenvalue weighted by molar-refractivity contribution is 0.102. The van der Waals surface area contributed by atoms with E-state index in [9.17, 15) is 9.18 Å². The largest absolute Gasteiger partial charge is 0.367 e. The van der Waals surface area contributed by atoms with Crippen LogP contribution in [0, 0.1) is 5.82 Å². The van der Waals surface area contributed by atoms with E-state index >= 15 is 0 Å². The van der Waals surface area contributed by atoms with Crippen molar-refractivity contribution in [3.8, 4) is 22.4 Å². The molecule has 0 saturated carbocycles. The first-order valence-corrected chi connectivity index (χ1v) is 7.82. The first-order chi connectivity index (χ1) is 12.7. The number of hydrogen-bond acceptors (Lipinski definition) is 4. The molecule has 0 bridgehead atoms. The number of carbonyl (C=O) groups is 1. The van der Waals surface area contributed by atoms with Gasteiger partial charge in [-0.25, -0.2) is 4.39 Å². The number of nitrogens with one attached hydrogen (secondary N) is 2. The molecular formula is C19H13FN4O2. The van der Waals surface area contributed by atoms with Crippen LogP contribution in [0.4, 0.5) is 10.3 Å². The summed E-state index contributed by atoms with van der Waals surface area (Å²) in [7, 11) is 0. The maximum Gasteiger partial charge on any atom is 0.259 e. The molecule has 0 aliphatic carbocycles. The van der Waals surface area contributed by atoms with Crippen molar-refractivity contribution in [1.82, 2.24) is 15.1 Å². The van der Waals surface area contributed by atoms with Crippen LogP contribution in [0.3, 0.4) is 0 Å². The molecule has 0 unspecified atom stereocenters. The zero-order valence-electron chi connectivity index (χ0n) is 13.4. The smallest absolute Gasteiger partial charge is 0.259 e. The molecule has 7 heteroatoms. The SMILES string of the molecule is O=C(Nc1onc(-c2ccc(F)cc2)c1-c1ccncc1)c1cc[nH]c1. The molecule has 1 aromatic carbocycles. The Morgan fingerprint density at radius 2 is 1.81 bits per heavy atom. The van der Waals surface area contributed by atoms with Gasteiger partial charge in [-0.15, -0.1) is 0 Å². The number of hydrogen-bond donors (Lipinski definition) is 2. The summed E-state index contributed by atoms with van der Waals surface area (Å²) in [6, 6.07) is 11.1. The summed E-state index contributed by atoms with van der Waals surface area (Å²) in [6.45, 7) is 0. The molecule has 6 nitrogen and oxygen atoms in total. The van der Waals surface area contributed by atoms with E-state index in [1.54, 1.807) is 55.1 Å². The lowest BCUT2D eigenvalue weighted by Crippen LogP contribution is -2.11. The normalized spacial score (nSPS) is 10.7. The maximum atomic E-state index is 13.2. The van der Waals surface area contributed by atoms with E-state index in [-0.39, 0.29) is 17.6 Å². The minimum atomic E-state index is -0.344. The second kappa shape index (κ2) is 6.64. The van der Waals surface area contributed by atoms with Crippen molar-refractivity contribution in [3.05, 3.63) is 78.6 Å². The Hall–Kier alpha value is -3.74. The molecule has 0 saturated heterocycles. The molecule has 0 aliphatic rings. The van der Waals surface area contributed by atoms with Gasteiger partial charge in [0.05, 0.1) is 11.1 Å². The fourth-order valence-corrected chi connectivity index (χ4v) is 2.61. The van der Waals surface area contributed by atoms with Crippen LogP contribution in [0.15, 0.2) is 71.8 Å². The van der Waals surface area contributed by atoms with E-state index < -0.39 is 0 Å². The molecule has 0 aliphatic heterocycles. The van der Waals surface area contributed by atoms with Crippen LogP contribution in [0.25, 0.3) is 22.4 Å². The standard InChI is InChI=1S/C19H13FN4O2/c20-15-3-1-13(2-4-15)17-16(12-5-8-21-9-6-12)19(26-24-17)23-18(25)14-7-10-22-11-14/h1-11,22H,(H,23,25). The average Bonchev–Trinajstić information content (AvgIpc) is 3.33. The zero-order valence-corrected chi connectivity index (χ0v) is 13.4. The second-order valence-corrected chi connectivity index (χ2v) is 5.53. The van der Waals surface area contributed by atoms with Gasteiger partial charge >= 0.3 is 0 Å². The highest BCUT2D eigenvalue weighted by Gasteiger charge is 2.21. The minimum absolute atomic E-state index is 0.210. The summed E-state index contributed by atoms with van der Waals surface area (Å²) in [5, 5.41) is 6.82. The number of nitrogens with zero attached hydrogens (tertiary/aromatic N) is 2. The van der Waals surface area contributed by atoms with Gasteiger partial charge in [-0.2, -0.15) is 0 Å². The van der Waals surface area contributed by atoms with Crippen molar-refractivity contribution in [2.45, 2.75) is 0 Å². The zero-order chi connectivity index (χ0) is 17.9. The summed E-state index contributed by atoms with van der Waals surface area (Å²) in [6.07, 6.45) is 6.50. The molecular weight excluding hydrogens is 335 g/mol. The van der Waals surface area contributed by atoms with Gasteiger partial charge in [-0.05, 0) is 48.0 Å². The van der Waals surface area contributed by atoms with Gasteiger partial charge in [0.1, 0.15) is 11.5 Å². The van der Waals surface area contributed by atoms with Crippen molar-refractivity contribution in [2.24, 2.45) is 0 Å². The fourth-order valence-electron chi connectivity index (χ4n) is 2.61. The second-order valence-electron chi connectivity index (χ2n) is 5.53. The summed E-state index contributed by atoms with van der Waals surface area (Å²) in [5.74, 6) is -0.464. The summed E-state index contributed by atoms with van der Waals surface area (Å²) in [5.41, 5.74) is 3.00. The first kappa shape index (κ1) is 15.8. The van der Waals surface area contributed by atoms with Crippen LogP contribution in [0.5, 0.6) is 0 Å². The molecule has 128 valence electrons. The van der Waals surface area contributed by atoms with Gasteiger partial charge in [0.25, 0.3) is 5.91 Å².